The van der Waals surface area contributed by atoms with Gasteiger partial charge in [-0.15, -0.1) is 0 Å². The third-order valence-corrected chi connectivity index (χ3v) is 4.11. The van der Waals surface area contributed by atoms with Gasteiger partial charge in [-0.3, -0.25) is 14.5 Å². The van der Waals surface area contributed by atoms with Crippen LogP contribution in [-0.2, 0) is 16.1 Å². The SMILES string of the molecule is O=C(CN1CCC(C(=O)O)CC1)NCc1ccccc1Cl. The molecule has 1 heterocycles. The van der Waals surface area contributed by atoms with Gasteiger partial charge in [0, 0.05) is 11.6 Å². The van der Waals surface area contributed by atoms with E-state index in [-0.39, 0.29) is 11.8 Å². The highest BCUT2D eigenvalue weighted by Crippen LogP contribution is 2.17. The van der Waals surface area contributed by atoms with Crippen molar-refractivity contribution in [2.24, 2.45) is 5.92 Å². The number of halogens is 1. The molecular weight excluding hydrogens is 292 g/mol. The number of hydrogen-bond donors (Lipinski definition) is 2. The van der Waals surface area contributed by atoms with Crippen LogP contribution in [0.3, 0.4) is 0 Å². The smallest absolute Gasteiger partial charge is 0.306 e. The van der Waals surface area contributed by atoms with Crippen LogP contribution in [0.15, 0.2) is 24.3 Å². The first-order chi connectivity index (χ1) is 10.1. The molecule has 1 aromatic rings. The van der Waals surface area contributed by atoms with Crippen molar-refractivity contribution < 1.29 is 14.7 Å². The van der Waals surface area contributed by atoms with E-state index in [0.29, 0.717) is 44.0 Å². The second kappa shape index (κ2) is 7.43. The van der Waals surface area contributed by atoms with Crippen molar-refractivity contribution in [1.82, 2.24) is 10.2 Å². The highest BCUT2D eigenvalue weighted by Gasteiger charge is 2.25. The lowest BCUT2D eigenvalue weighted by molar-refractivity contribution is -0.143. The van der Waals surface area contributed by atoms with Crippen molar-refractivity contribution in [2.75, 3.05) is 19.6 Å². The van der Waals surface area contributed by atoms with Gasteiger partial charge in [0.05, 0.1) is 12.5 Å². The summed E-state index contributed by atoms with van der Waals surface area (Å²) in [7, 11) is 0. The number of likely N-dealkylation sites (tertiary alicyclic amines) is 1. The molecule has 1 aliphatic heterocycles. The van der Waals surface area contributed by atoms with Crippen LogP contribution in [-0.4, -0.2) is 41.5 Å². The molecule has 0 radical (unpaired) electrons. The van der Waals surface area contributed by atoms with Crippen molar-refractivity contribution in [3.8, 4) is 0 Å². The summed E-state index contributed by atoms with van der Waals surface area (Å²) in [6.07, 6.45) is 1.21. The Balaban J connectivity index is 1.73. The zero-order chi connectivity index (χ0) is 15.2. The van der Waals surface area contributed by atoms with E-state index in [1.807, 2.05) is 23.1 Å². The maximum atomic E-state index is 11.9. The molecule has 0 bridgehead atoms. The maximum Gasteiger partial charge on any atom is 0.306 e. The molecule has 6 heteroatoms. The third kappa shape index (κ3) is 4.72. The molecular formula is C15H19ClN2O3. The first-order valence-corrected chi connectivity index (χ1v) is 7.39. The molecule has 0 aromatic heterocycles. The predicted molar refractivity (Wildman–Crippen MR) is 80.1 cm³/mol. The van der Waals surface area contributed by atoms with E-state index in [4.69, 9.17) is 16.7 Å². The summed E-state index contributed by atoms with van der Waals surface area (Å²) in [6, 6.07) is 7.39. The van der Waals surface area contributed by atoms with Crippen LogP contribution in [0.25, 0.3) is 0 Å². The lowest BCUT2D eigenvalue weighted by atomic mass is 9.97. The number of carboxylic acid groups (broad SMARTS) is 1. The van der Waals surface area contributed by atoms with Crippen LogP contribution in [0.5, 0.6) is 0 Å². The summed E-state index contributed by atoms with van der Waals surface area (Å²) in [6.45, 7) is 2.01. The Bertz CT molecular complexity index is 513. The van der Waals surface area contributed by atoms with E-state index in [9.17, 15) is 9.59 Å². The quantitative estimate of drug-likeness (QED) is 0.869. The van der Waals surface area contributed by atoms with Crippen molar-refractivity contribution in [3.05, 3.63) is 34.9 Å². The first kappa shape index (κ1) is 15.8. The minimum Gasteiger partial charge on any atom is -0.481 e. The van der Waals surface area contributed by atoms with E-state index < -0.39 is 5.97 Å². The molecule has 1 aliphatic rings. The van der Waals surface area contributed by atoms with Gasteiger partial charge in [-0.2, -0.15) is 0 Å². The summed E-state index contributed by atoms with van der Waals surface area (Å²) in [5.74, 6) is -1.08. The molecule has 0 saturated carbocycles. The van der Waals surface area contributed by atoms with Gasteiger partial charge in [0.1, 0.15) is 0 Å². The molecule has 114 valence electrons. The molecule has 1 amide bonds. The Morgan fingerprint density at radius 2 is 1.95 bits per heavy atom. The number of benzene rings is 1. The van der Waals surface area contributed by atoms with Gasteiger partial charge >= 0.3 is 5.97 Å². The minimum absolute atomic E-state index is 0.0660. The van der Waals surface area contributed by atoms with E-state index in [2.05, 4.69) is 5.32 Å². The van der Waals surface area contributed by atoms with Gasteiger partial charge in [0.25, 0.3) is 0 Å². The average molecular weight is 311 g/mol. The van der Waals surface area contributed by atoms with Gasteiger partial charge in [-0.1, -0.05) is 29.8 Å². The lowest BCUT2D eigenvalue weighted by Crippen LogP contribution is -2.42. The zero-order valence-electron chi connectivity index (χ0n) is 11.7. The number of hydrogen-bond acceptors (Lipinski definition) is 3. The molecule has 1 aromatic carbocycles. The molecule has 0 aliphatic carbocycles. The van der Waals surface area contributed by atoms with Gasteiger partial charge < -0.3 is 10.4 Å². The molecule has 0 spiro atoms. The van der Waals surface area contributed by atoms with Crippen LogP contribution < -0.4 is 5.32 Å². The Morgan fingerprint density at radius 3 is 2.57 bits per heavy atom. The molecule has 1 fully saturated rings. The fourth-order valence-electron chi connectivity index (χ4n) is 2.43. The highest BCUT2D eigenvalue weighted by molar-refractivity contribution is 6.31. The van der Waals surface area contributed by atoms with Crippen LogP contribution in [0, 0.1) is 5.92 Å². The van der Waals surface area contributed by atoms with Crippen molar-refractivity contribution in [2.45, 2.75) is 19.4 Å². The summed E-state index contributed by atoms with van der Waals surface area (Å²) >= 11 is 6.03. The van der Waals surface area contributed by atoms with Crippen molar-refractivity contribution in [3.63, 3.8) is 0 Å². The van der Waals surface area contributed by atoms with Crippen LogP contribution in [0.2, 0.25) is 5.02 Å². The van der Waals surface area contributed by atoms with E-state index >= 15 is 0 Å². The number of nitrogens with one attached hydrogen (secondary N) is 1. The van der Waals surface area contributed by atoms with Crippen LogP contribution in [0.1, 0.15) is 18.4 Å². The fraction of sp³-hybridized carbons (Fsp3) is 0.467. The Hall–Kier alpha value is -1.59. The normalized spacial score (nSPS) is 16.6. The standard InChI is InChI=1S/C15H19ClN2O3/c16-13-4-2-1-3-12(13)9-17-14(19)10-18-7-5-11(6-8-18)15(20)21/h1-4,11H,5-10H2,(H,17,19)(H,20,21). The molecule has 5 nitrogen and oxygen atoms in total. The van der Waals surface area contributed by atoms with E-state index in [1.54, 1.807) is 6.07 Å². The Morgan fingerprint density at radius 1 is 1.29 bits per heavy atom. The topological polar surface area (TPSA) is 69.6 Å². The number of carbonyl (C=O) groups excluding carboxylic acids is 1. The number of aliphatic carboxylic acids is 1. The first-order valence-electron chi connectivity index (χ1n) is 7.01. The van der Waals surface area contributed by atoms with Gasteiger partial charge in [0.2, 0.25) is 5.91 Å². The minimum atomic E-state index is -0.738. The van der Waals surface area contributed by atoms with Gasteiger partial charge in [-0.05, 0) is 37.6 Å². The molecule has 2 rings (SSSR count). The number of amides is 1. The summed E-state index contributed by atoms with van der Waals surface area (Å²) in [5, 5.41) is 12.4. The molecule has 1 saturated heterocycles. The Labute approximate surface area is 128 Å². The zero-order valence-corrected chi connectivity index (χ0v) is 12.5. The predicted octanol–water partition coefficient (Wildman–Crippen LogP) is 1.75. The molecule has 21 heavy (non-hydrogen) atoms. The number of carbonyl (C=O) groups is 2. The third-order valence-electron chi connectivity index (χ3n) is 3.74. The average Bonchev–Trinajstić information content (AvgIpc) is 2.47. The number of carboxylic acids is 1. The van der Waals surface area contributed by atoms with Gasteiger partial charge in [0.15, 0.2) is 0 Å². The number of piperidine rings is 1. The number of nitrogens with zero attached hydrogens (tertiary/aromatic N) is 1. The molecule has 2 N–H and O–H groups in total. The largest absolute Gasteiger partial charge is 0.481 e. The highest BCUT2D eigenvalue weighted by atomic mass is 35.5. The van der Waals surface area contributed by atoms with Crippen LogP contribution >= 0.6 is 11.6 Å². The monoisotopic (exact) mass is 310 g/mol. The van der Waals surface area contributed by atoms with Crippen molar-refractivity contribution >= 4 is 23.5 Å². The summed E-state index contributed by atoms with van der Waals surface area (Å²) in [4.78, 5) is 24.8. The second-order valence-electron chi connectivity index (χ2n) is 5.26. The lowest BCUT2D eigenvalue weighted by Gasteiger charge is -2.29. The van der Waals surface area contributed by atoms with E-state index in [1.165, 1.54) is 0 Å². The second-order valence-corrected chi connectivity index (χ2v) is 5.66. The summed E-state index contributed by atoms with van der Waals surface area (Å²) in [5.41, 5.74) is 0.886. The fourth-order valence-corrected chi connectivity index (χ4v) is 2.64. The van der Waals surface area contributed by atoms with Crippen molar-refractivity contribution in [1.29, 1.82) is 0 Å². The maximum absolute atomic E-state index is 11.9. The number of rotatable bonds is 5. The molecule has 0 unspecified atom stereocenters. The summed E-state index contributed by atoms with van der Waals surface area (Å²) < 4.78 is 0. The Kier molecular flexibility index (Phi) is 5.59. The molecule has 0 atom stereocenters. The van der Waals surface area contributed by atoms with E-state index in [0.717, 1.165) is 5.56 Å². The van der Waals surface area contributed by atoms with Crippen LogP contribution in [0.4, 0.5) is 0 Å². The van der Waals surface area contributed by atoms with Gasteiger partial charge in [-0.25, -0.2) is 0 Å².